The van der Waals surface area contributed by atoms with Crippen molar-refractivity contribution in [3.05, 3.63) is 29.8 Å². The van der Waals surface area contributed by atoms with Gasteiger partial charge >= 0.3 is 6.61 Å². The van der Waals surface area contributed by atoms with Crippen molar-refractivity contribution >= 4 is 0 Å². The topological polar surface area (TPSA) is 21.3 Å². The lowest BCUT2D eigenvalue weighted by Gasteiger charge is -2.37. The van der Waals surface area contributed by atoms with Gasteiger partial charge in [0.05, 0.1) is 0 Å². The quantitative estimate of drug-likeness (QED) is 0.817. The largest absolute Gasteiger partial charge is 0.435 e. The van der Waals surface area contributed by atoms with Crippen molar-refractivity contribution in [3.63, 3.8) is 0 Å². The van der Waals surface area contributed by atoms with Crippen LogP contribution in [0.5, 0.6) is 5.75 Å². The predicted molar refractivity (Wildman–Crippen MR) is 80.6 cm³/mol. The van der Waals surface area contributed by atoms with E-state index in [4.69, 9.17) is 0 Å². The fraction of sp³-hybridized carbons (Fsp3) is 0.647. The molecule has 0 spiro atoms. The van der Waals surface area contributed by atoms with Crippen LogP contribution in [0, 0.1) is 11.8 Å². The molecule has 2 rings (SSSR count). The highest BCUT2D eigenvalue weighted by Gasteiger charge is 2.31. The van der Waals surface area contributed by atoms with E-state index in [1.165, 1.54) is 32.1 Å². The number of ether oxygens (including phenoxy) is 1. The molecule has 1 aromatic carbocycles. The van der Waals surface area contributed by atoms with E-state index in [2.05, 4.69) is 17.0 Å². The van der Waals surface area contributed by atoms with Gasteiger partial charge in [0, 0.05) is 6.04 Å². The lowest BCUT2D eigenvalue weighted by atomic mass is 9.72. The summed E-state index contributed by atoms with van der Waals surface area (Å²) in [7, 11) is 1.95. The molecule has 0 heterocycles. The Hall–Kier alpha value is -1.16. The zero-order chi connectivity index (χ0) is 15.2. The van der Waals surface area contributed by atoms with Crippen molar-refractivity contribution in [1.82, 2.24) is 5.32 Å². The zero-order valence-corrected chi connectivity index (χ0v) is 12.8. The van der Waals surface area contributed by atoms with Crippen molar-refractivity contribution in [2.24, 2.45) is 11.8 Å². The normalized spacial score (nSPS) is 24.0. The molecule has 0 amide bonds. The highest BCUT2D eigenvalue weighted by atomic mass is 19.3. The van der Waals surface area contributed by atoms with Crippen LogP contribution < -0.4 is 10.1 Å². The van der Waals surface area contributed by atoms with Gasteiger partial charge in [-0.2, -0.15) is 8.78 Å². The number of halogens is 2. The van der Waals surface area contributed by atoms with Crippen LogP contribution >= 0.6 is 0 Å². The molecule has 2 nitrogen and oxygen atoms in total. The molecule has 0 bridgehead atoms. The number of alkyl halides is 2. The van der Waals surface area contributed by atoms with Gasteiger partial charge in [-0.15, -0.1) is 0 Å². The van der Waals surface area contributed by atoms with Gasteiger partial charge in [-0.25, -0.2) is 0 Å². The first-order valence-corrected chi connectivity index (χ1v) is 7.87. The molecule has 1 aromatic rings. The predicted octanol–water partition coefficient (Wildman–Crippen LogP) is 4.76. The lowest BCUT2D eigenvalue weighted by molar-refractivity contribution is -0.0499. The molecule has 1 N–H and O–H groups in total. The van der Waals surface area contributed by atoms with Gasteiger partial charge < -0.3 is 10.1 Å². The van der Waals surface area contributed by atoms with Crippen LogP contribution in [0.2, 0.25) is 0 Å². The summed E-state index contributed by atoms with van der Waals surface area (Å²) < 4.78 is 29.3. The summed E-state index contributed by atoms with van der Waals surface area (Å²) in [4.78, 5) is 0. The SMILES string of the molecule is CCC1CCCCC1C(NC)c1cccc(OC(F)F)c1. The Balaban J connectivity index is 2.19. The number of benzene rings is 1. The van der Waals surface area contributed by atoms with Crippen molar-refractivity contribution < 1.29 is 13.5 Å². The maximum absolute atomic E-state index is 12.4. The third kappa shape index (κ3) is 4.16. The molecule has 0 saturated heterocycles. The molecule has 0 aliphatic heterocycles. The second kappa shape index (κ2) is 7.74. The fourth-order valence-electron chi connectivity index (χ4n) is 3.69. The van der Waals surface area contributed by atoms with Crippen LogP contribution in [-0.4, -0.2) is 13.7 Å². The highest BCUT2D eigenvalue weighted by molar-refractivity contribution is 5.31. The first kappa shape index (κ1) is 16.2. The van der Waals surface area contributed by atoms with Crippen LogP contribution in [0.1, 0.15) is 50.6 Å². The minimum atomic E-state index is -2.77. The summed E-state index contributed by atoms with van der Waals surface area (Å²) in [6.07, 6.45) is 6.21. The van der Waals surface area contributed by atoms with E-state index in [9.17, 15) is 8.78 Å². The Labute approximate surface area is 125 Å². The summed E-state index contributed by atoms with van der Waals surface area (Å²) in [6, 6.07) is 7.33. The van der Waals surface area contributed by atoms with E-state index >= 15 is 0 Å². The molecular weight excluding hydrogens is 272 g/mol. The molecule has 118 valence electrons. The molecule has 1 aliphatic rings. The van der Waals surface area contributed by atoms with Gasteiger partial charge in [0.15, 0.2) is 0 Å². The van der Waals surface area contributed by atoms with Gasteiger partial charge in [-0.05, 0) is 43.0 Å². The van der Waals surface area contributed by atoms with Crippen LogP contribution in [0.4, 0.5) is 8.78 Å². The standard InChI is InChI=1S/C17H25F2NO/c1-3-12-7-4-5-10-15(12)16(20-2)13-8-6-9-14(11-13)21-17(18)19/h6,8-9,11-12,15-17,20H,3-5,7,10H2,1-2H3. The van der Waals surface area contributed by atoms with E-state index in [0.717, 1.165) is 5.56 Å². The maximum atomic E-state index is 12.4. The summed E-state index contributed by atoms with van der Waals surface area (Å²) in [5.74, 6) is 1.51. The first-order valence-electron chi connectivity index (χ1n) is 7.87. The van der Waals surface area contributed by atoms with Crippen LogP contribution in [0.15, 0.2) is 24.3 Å². The van der Waals surface area contributed by atoms with Crippen LogP contribution in [-0.2, 0) is 0 Å². The molecule has 4 heteroatoms. The first-order chi connectivity index (χ1) is 10.2. The summed E-state index contributed by atoms with van der Waals surface area (Å²) in [6.45, 7) is -0.530. The van der Waals surface area contributed by atoms with E-state index in [1.807, 2.05) is 13.1 Å². The molecular formula is C17H25F2NO. The van der Waals surface area contributed by atoms with Crippen molar-refractivity contribution in [2.45, 2.75) is 51.7 Å². The van der Waals surface area contributed by atoms with Gasteiger partial charge in [-0.1, -0.05) is 44.7 Å². The average molecular weight is 297 g/mol. The Bertz CT molecular complexity index is 439. The Kier molecular flexibility index (Phi) is 5.97. The van der Waals surface area contributed by atoms with Gasteiger partial charge in [0.2, 0.25) is 0 Å². The summed E-state index contributed by atoms with van der Waals surface area (Å²) in [5.41, 5.74) is 1.04. The zero-order valence-electron chi connectivity index (χ0n) is 12.8. The fourth-order valence-corrected chi connectivity index (χ4v) is 3.69. The maximum Gasteiger partial charge on any atom is 0.387 e. The van der Waals surface area contributed by atoms with E-state index < -0.39 is 6.61 Å². The lowest BCUT2D eigenvalue weighted by Crippen LogP contribution is -2.32. The third-order valence-electron chi connectivity index (χ3n) is 4.67. The molecule has 1 fully saturated rings. The second-order valence-electron chi connectivity index (χ2n) is 5.83. The molecule has 21 heavy (non-hydrogen) atoms. The van der Waals surface area contributed by atoms with Crippen molar-refractivity contribution in [1.29, 1.82) is 0 Å². The number of hydrogen-bond donors (Lipinski definition) is 1. The monoisotopic (exact) mass is 297 g/mol. The van der Waals surface area contributed by atoms with Crippen molar-refractivity contribution in [2.75, 3.05) is 7.05 Å². The van der Waals surface area contributed by atoms with Crippen LogP contribution in [0.25, 0.3) is 0 Å². The average Bonchev–Trinajstić information content (AvgIpc) is 2.48. The minimum absolute atomic E-state index is 0.205. The highest BCUT2D eigenvalue weighted by Crippen LogP contribution is 2.40. The summed E-state index contributed by atoms with van der Waals surface area (Å²) >= 11 is 0. The molecule has 1 saturated carbocycles. The third-order valence-corrected chi connectivity index (χ3v) is 4.67. The molecule has 3 atom stereocenters. The smallest absolute Gasteiger partial charge is 0.387 e. The van der Waals surface area contributed by atoms with Crippen molar-refractivity contribution in [3.8, 4) is 5.75 Å². The number of rotatable bonds is 6. The minimum Gasteiger partial charge on any atom is -0.435 e. The molecule has 1 aliphatic carbocycles. The molecule has 0 aromatic heterocycles. The Morgan fingerprint density at radius 3 is 2.71 bits per heavy atom. The van der Waals surface area contributed by atoms with E-state index in [1.54, 1.807) is 18.2 Å². The van der Waals surface area contributed by atoms with E-state index in [-0.39, 0.29) is 11.8 Å². The van der Waals surface area contributed by atoms with E-state index in [0.29, 0.717) is 11.8 Å². The summed E-state index contributed by atoms with van der Waals surface area (Å²) in [5, 5.41) is 3.39. The molecule has 3 unspecified atom stereocenters. The van der Waals surface area contributed by atoms with Gasteiger partial charge in [0.1, 0.15) is 5.75 Å². The second-order valence-corrected chi connectivity index (χ2v) is 5.83. The Morgan fingerprint density at radius 2 is 2.05 bits per heavy atom. The van der Waals surface area contributed by atoms with Gasteiger partial charge in [0.25, 0.3) is 0 Å². The van der Waals surface area contributed by atoms with Gasteiger partial charge in [-0.3, -0.25) is 0 Å². The number of hydrogen-bond acceptors (Lipinski definition) is 2. The molecule has 0 radical (unpaired) electrons. The van der Waals surface area contributed by atoms with Crippen LogP contribution in [0.3, 0.4) is 0 Å². The Morgan fingerprint density at radius 1 is 1.29 bits per heavy atom. The number of nitrogens with one attached hydrogen (secondary N) is 1.